The van der Waals surface area contributed by atoms with Crippen LogP contribution in [0.5, 0.6) is 0 Å². The van der Waals surface area contributed by atoms with Crippen molar-refractivity contribution in [2.75, 3.05) is 18.8 Å². The molecule has 0 atom stereocenters. The van der Waals surface area contributed by atoms with Gasteiger partial charge in [-0.05, 0) is 24.8 Å². The molecule has 1 aliphatic rings. The summed E-state index contributed by atoms with van der Waals surface area (Å²) in [6, 6.07) is 0. The number of rotatable bonds is 4. The summed E-state index contributed by atoms with van der Waals surface area (Å²) in [6.07, 6.45) is 0. The highest BCUT2D eigenvalue weighted by molar-refractivity contribution is 7.98. The Bertz CT molecular complexity index is 432. The summed E-state index contributed by atoms with van der Waals surface area (Å²) in [4.78, 5) is 0. The van der Waals surface area contributed by atoms with Crippen molar-refractivity contribution in [2.45, 2.75) is 5.75 Å². The van der Waals surface area contributed by atoms with Gasteiger partial charge in [0.2, 0.25) is 5.82 Å². The Labute approximate surface area is 105 Å². The normalized spacial score (nSPS) is 15.8. The first-order chi connectivity index (χ1) is 8.52. The van der Waals surface area contributed by atoms with E-state index in [4.69, 9.17) is 0 Å². The predicted molar refractivity (Wildman–Crippen MR) is 58.8 cm³/mol. The highest BCUT2D eigenvalue weighted by Crippen LogP contribution is 2.27. The van der Waals surface area contributed by atoms with Gasteiger partial charge in [-0.25, -0.2) is 22.0 Å². The van der Waals surface area contributed by atoms with Crippen molar-refractivity contribution in [2.24, 2.45) is 5.92 Å². The summed E-state index contributed by atoms with van der Waals surface area (Å²) in [5.41, 5.74) is -0.747. The minimum absolute atomic E-state index is 0.220. The van der Waals surface area contributed by atoms with Crippen LogP contribution in [-0.4, -0.2) is 18.8 Å². The quantitative estimate of drug-likeness (QED) is 0.518. The Kier molecular flexibility index (Phi) is 4.11. The SMILES string of the molecule is Fc1c(F)c(F)c(CSCC2CNC2)c(F)c1F. The van der Waals surface area contributed by atoms with Crippen LogP contribution in [0.15, 0.2) is 0 Å². The van der Waals surface area contributed by atoms with E-state index in [1.54, 1.807) is 0 Å². The Morgan fingerprint density at radius 3 is 1.83 bits per heavy atom. The lowest BCUT2D eigenvalue weighted by Gasteiger charge is -2.26. The molecular weight excluding hydrogens is 273 g/mol. The van der Waals surface area contributed by atoms with Crippen LogP contribution in [0.3, 0.4) is 0 Å². The third-order valence-electron chi connectivity index (χ3n) is 2.77. The topological polar surface area (TPSA) is 12.0 Å². The Hall–Kier alpha value is -0.820. The number of hydrogen-bond donors (Lipinski definition) is 1. The van der Waals surface area contributed by atoms with Gasteiger partial charge in [-0.1, -0.05) is 0 Å². The molecule has 1 fully saturated rings. The third kappa shape index (κ3) is 2.47. The monoisotopic (exact) mass is 283 g/mol. The maximum absolute atomic E-state index is 13.3. The lowest BCUT2D eigenvalue weighted by atomic mass is 10.1. The molecule has 18 heavy (non-hydrogen) atoms. The lowest BCUT2D eigenvalue weighted by molar-refractivity contribution is 0.372. The second-order valence-corrected chi connectivity index (χ2v) is 5.12. The molecule has 1 aromatic rings. The smallest absolute Gasteiger partial charge is 0.200 e. The highest BCUT2D eigenvalue weighted by atomic mass is 32.2. The molecule has 1 aromatic carbocycles. The van der Waals surface area contributed by atoms with E-state index in [1.165, 1.54) is 11.8 Å². The number of benzene rings is 1. The first kappa shape index (κ1) is 13.6. The van der Waals surface area contributed by atoms with Crippen molar-refractivity contribution in [1.82, 2.24) is 5.32 Å². The lowest BCUT2D eigenvalue weighted by Crippen LogP contribution is -2.43. The van der Waals surface area contributed by atoms with Crippen molar-refractivity contribution in [3.8, 4) is 0 Å². The van der Waals surface area contributed by atoms with Crippen molar-refractivity contribution < 1.29 is 22.0 Å². The standard InChI is InChI=1S/C11H10F5NS/c12-7-6(4-18-3-5-1-17-2-5)8(13)10(15)11(16)9(7)14/h5,17H,1-4H2. The van der Waals surface area contributed by atoms with Gasteiger partial charge < -0.3 is 5.32 Å². The molecule has 0 bridgehead atoms. The van der Waals surface area contributed by atoms with E-state index in [-0.39, 0.29) is 5.75 Å². The van der Waals surface area contributed by atoms with Gasteiger partial charge in [0.15, 0.2) is 23.3 Å². The maximum atomic E-state index is 13.3. The molecule has 0 amide bonds. The van der Waals surface area contributed by atoms with Crippen molar-refractivity contribution in [3.05, 3.63) is 34.6 Å². The van der Waals surface area contributed by atoms with Gasteiger partial charge in [0.1, 0.15) is 0 Å². The van der Waals surface area contributed by atoms with E-state index in [2.05, 4.69) is 5.32 Å². The Morgan fingerprint density at radius 2 is 1.39 bits per heavy atom. The predicted octanol–water partition coefficient (Wildman–Crippen LogP) is 2.83. The first-order valence-electron chi connectivity index (χ1n) is 5.31. The minimum Gasteiger partial charge on any atom is -0.316 e. The zero-order valence-electron chi connectivity index (χ0n) is 9.20. The molecule has 1 heterocycles. The molecule has 0 aliphatic carbocycles. The van der Waals surface area contributed by atoms with Crippen molar-refractivity contribution in [3.63, 3.8) is 0 Å². The van der Waals surface area contributed by atoms with Crippen LogP contribution in [0, 0.1) is 35.0 Å². The van der Waals surface area contributed by atoms with Crippen LogP contribution in [0.2, 0.25) is 0 Å². The molecule has 1 N–H and O–H groups in total. The average Bonchev–Trinajstić information content (AvgIpc) is 2.31. The molecule has 2 rings (SSSR count). The zero-order valence-corrected chi connectivity index (χ0v) is 10.0. The van der Waals surface area contributed by atoms with E-state index in [1.807, 2.05) is 0 Å². The van der Waals surface area contributed by atoms with E-state index in [9.17, 15) is 22.0 Å². The fourth-order valence-electron chi connectivity index (χ4n) is 1.57. The van der Waals surface area contributed by atoms with Gasteiger partial charge >= 0.3 is 0 Å². The molecule has 100 valence electrons. The molecule has 7 heteroatoms. The molecule has 0 spiro atoms. The summed E-state index contributed by atoms with van der Waals surface area (Å²) in [5.74, 6) is -8.52. The van der Waals surface area contributed by atoms with Crippen LogP contribution in [0.1, 0.15) is 5.56 Å². The van der Waals surface area contributed by atoms with Crippen LogP contribution in [0.4, 0.5) is 22.0 Å². The summed E-state index contributed by atoms with van der Waals surface area (Å²) in [6.45, 7) is 1.65. The summed E-state index contributed by atoms with van der Waals surface area (Å²) in [5, 5.41) is 3.03. The van der Waals surface area contributed by atoms with Crippen molar-refractivity contribution >= 4 is 11.8 Å². The van der Waals surface area contributed by atoms with E-state index in [0.29, 0.717) is 11.7 Å². The fourth-order valence-corrected chi connectivity index (χ4v) is 2.72. The van der Waals surface area contributed by atoms with Gasteiger partial charge in [-0.2, -0.15) is 11.8 Å². The second kappa shape index (κ2) is 5.44. The molecular formula is C11H10F5NS. The molecule has 0 aromatic heterocycles. The number of nitrogens with one attached hydrogen (secondary N) is 1. The van der Waals surface area contributed by atoms with Crippen LogP contribution >= 0.6 is 11.8 Å². The molecule has 1 aliphatic heterocycles. The third-order valence-corrected chi connectivity index (χ3v) is 3.97. The van der Waals surface area contributed by atoms with Gasteiger partial charge in [0, 0.05) is 11.3 Å². The average molecular weight is 283 g/mol. The van der Waals surface area contributed by atoms with E-state index in [0.717, 1.165) is 13.1 Å². The largest absolute Gasteiger partial charge is 0.316 e. The van der Waals surface area contributed by atoms with Crippen molar-refractivity contribution in [1.29, 1.82) is 0 Å². The molecule has 0 saturated carbocycles. The van der Waals surface area contributed by atoms with E-state index < -0.39 is 34.6 Å². The Morgan fingerprint density at radius 1 is 0.889 bits per heavy atom. The zero-order chi connectivity index (χ0) is 13.3. The molecule has 1 saturated heterocycles. The summed E-state index contributed by atoms with van der Waals surface area (Å²) >= 11 is 1.17. The number of hydrogen-bond acceptors (Lipinski definition) is 2. The summed E-state index contributed by atoms with van der Waals surface area (Å²) in [7, 11) is 0. The van der Waals surface area contributed by atoms with Gasteiger partial charge in [-0.3, -0.25) is 0 Å². The van der Waals surface area contributed by atoms with Gasteiger partial charge in [0.05, 0.1) is 0 Å². The fraction of sp³-hybridized carbons (Fsp3) is 0.455. The maximum Gasteiger partial charge on any atom is 0.200 e. The summed E-state index contributed by atoms with van der Waals surface area (Å²) < 4.78 is 65.1. The minimum atomic E-state index is -2.11. The Balaban J connectivity index is 2.11. The van der Waals surface area contributed by atoms with Gasteiger partial charge in [0.25, 0.3) is 0 Å². The molecule has 0 unspecified atom stereocenters. The van der Waals surface area contributed by atoms with Crippen LogP contribution in [-0.2, 0) is 5.75 Å². The first-order valence-corrected chi connectivity index (χ1v) is 6.46. The molecule has 0 radical (unpaired) electrons. The van der Waals surface area contributed by atoms with E-state index >= 15 is 0 Å². The van der Waals surface area contributed by atoms with Crippen LogP contribution < -0.4 is 5.32 Å². The number of halogens is 5. The molecule has 1 nitrogen and oxygen atoms in total. The second-order valence-electron chi connectivity index (χ2n) is 4.09. The highest BCUT2D eigenvalue weighted by Gasteiger charge is 2.26. The van der Waals surface area contributed by atoms with Crippen LogP contribution in [0.25, 0.3) is 0 Å². The van der Waals surface area contributed by atoms with Gasteiger partial charge in [-0.15, -0.1) is 0 Å². The number of thioether (sulfide) groups is 1.